The average Bonchev–Trinajstić information content (AvgIpc) is 3.07. The molecule has 0 fully saturated rings. The van der Waals surface area contributed by atoms with E-state index in [1.54, 1.807) is 0 Å². The zero-order valence-electron chi connectivity index (χ0n) is 13.5. The molecule has 118 valence electrons. The maximum atomic E-state index is 6.07. The molecule has 0 aliphatic carbocycles. The highest BCUT2D eigenvalue weighted by atomic mass is 16.6. The number of fused-ring (bicyclic) bond motifs is 1. The van der Waals surface area contributed by atoms with Crippen molar-refractivity contribution in [2.24, 2.45) is 0 Å². The van der Waals surface area contributed by atoms with Crippen LogP contribution in [0.5, 0.6) is 11.5 Å². The summed E-state index contributed by atoms with van der Waals surface area (Å²) in [6, 6.07) is 28.5. The SMILES string of the molecule is CC(c1ccccc1)N(B1Oc2ccccc2O1)c1ccccc1. The van der Waals surface area contributed by atoms with Gasteiger partial charge in [-0.2, -0.15) is 0 Å². The van der Waals surface area contributed by atoms with E-state index in [0.29, 0.717) is 0 Å². The predicted molar refractivity (Wildman–Crippen MR) is 97.2 cm³/mol. The van der Waals surface area contributed by atoms with Crippen molar-refractivity contribution in [3.63, 3.8) is 0 Å². The lowest BCUT2D eigenvalue weighted by atomic mass is 9.95. The molecule has 0 spiro atoms. The second kappa shape index (κ2) is 6.32. The van der Waals surface area contributed by atoms with Crippen molar-refractivity contribution in [2.75, 3.05) is 4.81 Å². The van der Waals surface area contributed by atoms with E-state index in [4.69, 9.17) is 9.31 Å². The average molecular weight is 315 g/mol. The normalized spacial score (nSPS) is 13.6. The topological polar surface area (TPSA) is 21.7 Å². The van der Waals surface area contributed by atoms with Gasteiger partial charge >= 0.3 is 7.25 Å². The van der Waals surface area contributed by atoms with E-state index in [1.807, 2.05) is 48.5 Å². The molecule has 0 aromatic heterocycles. The highest BCUT2D eigenvalue weighted by Gasteiger charge is 2.42. The molecule has 3 aromatic carbocycles. The van der Waals surface area contributed by atoms with Crippen molar-refractivity contribution in [3.8, 4) is 11.5 Å². The van der Waals surface area contributed by atoms with E-state index in [0.717, 1.165) is 17.2 Å². The van der Waals surface area contributed by atoms with Crippen LogP contribution in [0.2, 0.25) is 0 Å². The standard InChI is InChI=1S/C20H18BNO2/c1-16(17-10-4-2-5-11-17)22(18-12-6-3-7-13-18)21-23-19-14-8-9-15-20(19)24-21/h2-16H,1H3. The quantitative estimate of drug-likeness (QED) is 0.651. The lowest BCUT2D eigenvalue weighted by Gasteiger charge is -2.31. The van der Waals surface area contributed by atoms with Gasteiger partial charge in [-0.05, 0) is 36.8 Å². The number of nitrogens with zero attached hydrogens (tertiary/aromatic N) is 1. The van der Waals surface area contributed by atoms with Crippen LogP contribution in [0.4, 0.5) is 5.69 Å². The lowest BCUT2D eigenvalue weighted by Crippen LogP contribution is -2.48. The highest BCUT2D eigenvalue weighted by Crippen LogP contribution is 2.37. The predicted octanol–water partition coefficient (Wildman–Crippen LogP) is 4.71. The summed E-state index contributed by atoms with van der Waals surface area (Å²) in [5, 5.41) is 0. The van der Waals surface area contributed by atoms with Gasteiger partial charge in [-0.15, -0.1) is 0 Å². The Labute approximate surface area is 142 Å². The Morgan fingerprint density at radius 2 is 1.21 bits per heavy atom. The first kappa shape index (κ1) is 14.7. The fourth-order valence-corrected chi connectivity index (χ4v) is 3.02. The number of hydrogen-bond donors (Lipinski definition) is 0. The molecule has 24 heavy (non-hydrogen) atoms. The fraction of sp³-hybridized carbons (Fsp3) is 0.100. The van der Waals surface area contributed by atoms with Gasteiger partial charge in [0.05, 0.1) is 0 Å². The van der Waals surface area contributed by atoms with Gasteiger partial charge in [0.25, 0.3) is 0 Å². The summed E-state index contributed by atoms with van der Waals surface area (Å²) in [7, 11) is -0.486. The number of hydrogen-bond acceptors (Lipinski definition) is 3. The number of rotatable bonds is 4. The van der Waals surface area contributed by atoms with E-state index >= 15 is 0 Å². The molecule has 0 saturated carbocycles. The molecule has 0 radical (unpaired) electrons. The summed E-state index contributed by atoms with van der Waals surface area (Å²) in [4.78, 5) is 2.16. The second-order valence-corrected chi connectivity index (χ2v) is 5.82. The summed E-state index contributed by atoms with van der Waals surface area (Å²) < 4.78 is 12.1. The molecule has 1 heterocycles. The Morgan fingerprint density at radius 3 is 1.79 bits per heavy atom. The van der Waals surface area contributed by atoms with Gasteiger partial charge in [-0.3, -0.25) is 0 Å². The van der Waals surface area contributed by atoms with Gasteiger partial charge in [0, 0.05) is 11.7 Å². The first-order chi connectivity index (χ1) is 11.8. The molecule has 4 heteroatoms. The molecule has 0 N–H and O–H groups in total. The van der Waals surface area contributed by atoms with E-state index in [-0.39, 0.29) is 6.04 Å². The van der Waals surface area contributed by atoms with Crippen LogP contribution in [0.15, 0.2) is 84.9 Å². The molecule has 1 aliphatic rings. The molecule has 0 bridgehead atoms. The number of benzene rings is 3. The minimum Gasteiger partial charge on any atom is -0.504 e. The van der Waals surface area contributed by atoms with Gasteiger partial charge in [0.1, 0.15) is 11.5 Å². The highest BCUT2D eigenvalue weighted by molar-refractivity contribution is 6.53. The summed E-state index contributed by atoms with van der Waals surface area (Å²) in [6.45, 7) is 2.16. The van der Waals surface area contributed by atoms with Gasteiger partial charge in [-0.25, -0.2) is 0 Å². The number of para-hydroxylation sites is 3. The van der Waals surface area contributed by atoms with Crippen molar-refractivity contribution in [1.82, 2.24) is 0 Å². The van der Waals surface area contributed by atoms with Crippen LogP contribution in [-0.2, 0) is 0 Å². The molecule has 0 amide bonds. The zero-order valence-corrected chi connectivity index (χ0v) is 13.5. The van der Waals surface area contributed by atoms with Crippen LogP contribution in [0.3, 0.4) is 0 Å². The summed E-state index contributed by atoms with van der Waals surface area (Å²) in [5.41, 5.74) is 2.27. The fourth-order valence-electron chi connectivity index (χ4n) is 3.02. The summed E-state index contributed by atoms with van der Waals surface area (Å²) in [5.74, 6) is 1.56. The molecule has 1 aliphatic heterocycles. The Bertz CT molecular complexity index is 785. The van der Waals surface area contributed by atoms with Crippen LogP contribution in [0, 0.1) is 0 Å². The minimum atomic E-state index is -0.486. The Morgan fingerprint density at radius 1 is 0.708 bits per heavy atom. The molecule has 3 nitrogen and oxygen atoms in total. The van der Waals surface area contributed by atoms with Gasteiger partial charge in [-0.1, -0.05) is 60.7 Å². The van der Waals surface area contributed by atoms with Crippen molar-refractivity contribution in [3.05, 3.63) is 90.5 Å². The molecular formula is C20H18BNO2. The third-order valence-corrected chi connectivity index (χ3v) is 4.29. The van der Waals surface area contributed by atoms with E-state index in [2.05, 4.69) is 48.1 Å². The first-order valence-corrected chi connectivity index (χ1v) is 8.13. The maximum Gasteiger partial charge on any atom is 0.739 e. The van der Waals surface area contributed by atoms with Gasteiger partial charge in [0.15, 0.2) is 0 Å². The summed E-state index contributed by atoms with van der Waals surface area (Å²) >= 11 is 0. The van der Waals surface area contributed by atoms with Crippen LogP contribution < -0.4 is 14.1 Å². The van der Waals surface area contributed by atoms with Crippen LogP contribution in [-0.4, -0.2) is 7.25 Å². The molecule has 4 rings (SSSR count). The Balaban J connectivity index is 1.70. The lowest BCUT2D eigenvalue weighted by molar-refractivity contribution is 0.479. The van der Waals surface area contributed by atoms with Gasteiger partial charge < -0.3 is 14.1 Å². The van der Waals surface area contributed by atoms with Crippen LogP contribution in [0.25, 0.3) is 0 Å². The molecule has 1 unspecified atom stereocenters. The zero-order chi connectivity index (χ0) is 16.4. The van der Waals surface area contributed by atoms with Crippen molar-refractivity contribution < 1.29 is 9.31 Å². The molecule has 1 atom stereocenters. The molecule has 0 saturated heterocycles. The van der Waals surface area contributed by atoms with Crippen molar-refractivity contribution >= 4 is 12.9 Å². The van der Waals surface area contributed by atoms with Crippen LogP contribution >= 0.6 is 0 Å². The van der Waals surface area contributed by atoms with E-state index < -0.39 is 7.25 Å². The first-order valence-electron chi connectivity index (χ1n) is 8.13. The third kappa shape index (κ3) is 2.71. The van der Waals surface area contributed by atoms with E-state index in [9.17, 15) is 0 Å². The molecular weight excluding hydrogens is 297 g/mol. The monoisotopic (exact) mass is 315 g/mol. The summed E-state index contributed by atoms with van der Waals surface area (Å²) in [6.07, 6.45) is 0. The molecule has 3 aromatic rings. The number of anilines is 1. The Hall–Kier alpha value is -2.88. The van der Waals surface area contributed by atoms with Crippen molar-refractivity contribution in [2.45, 2.75) is 13.0 Å². The van der Waals surface area contributed by atoms with E-state index in [1.165, 1.54) is 5.56 Å². The van der Waals surface area contributed by atoms with Crippen LogP contribution in [0.1, 0.15) is 18.5 Å². The smallest absolute Gasteiger partial charge is 0.504 e. The second-order valence-electron chi connectivity index (χ2n) is 5.82. The van der Waals surface area contributed by atoms with Crippen molar-refractivity contribution in [1.29, 1.82) is 0 Å². The Kier molecular flexibility index (Phi) is 3.87. The minimum absolute atomic E-state index is 0.105. The van der Waals surface area contributed by atoms with Gasteiger partial charge in [0.2, 0.25) is 0 Å². The maximum absolute atomic E-state index is 6.07. The largest absolute Gasteiger partial charge is 0.739 e. The third-order valence-electron chi connectivity index (χ3n) is 4.29.